The molecule has 1 aliphatic rings. The Kier molecular flexibility index (Phi) is 5.00. The van der Waals surface area contributed by atoms with Crippen molar-refractivity contribution in [2.45, 2.75) is 46.6 Å². The normalized spacial score (nSPS) is 15.5. The third-order valence-corrected chi connectivity index (χ3v) is 4.68. The first-order chi connectivity index (χ1) is 11.5. The van der Waals surface area contributed by atoms with Gasteiger partial charge in [0, 0.05) is 18.8 Å². The molecule has 0 atom stereocenters. The van der Waals surface area contributed by atoms with Crippen molar-refractivity contribution in [2.75, 3.05) is 13.1 Å². The highest BCUT2D eigenvalue weighted by Gasteiger charge is 2.21. The second-order valence-electron chi connectivity index (χ2n) is 6.68. The van der Waals surface area contributed by atoms with Crippen molar-refractivity contribution in [3.63, 3.8) is 0 Å². The SMILES string of the molecule is Cc1ccc(Cn2nc(C)c(C(=O)NN3CCCCC3)c2C)cc1. The number of piperidine rings is 1. The highest BCUT2D eigenvalue weighted by molar-refractivity contribution is 5.96. The number of hydrogen-bond acceptors (Lipinski definition) is 3. The summed E-state index contributed by atoms with van der Waals surface area (Å²) in [6.45, 7) is 8.51. The molecular formula is C19H26N4O. The minimum atomic E-state index is -0.0398. The first-order valence-electron chi connectivity index (χ1n) is 8.70. The predicted molar refractivity (Wildman–Crippen MR) is 94.9 cm³/mol. The van der Waals surface area contributed by atoms with E-state index in [2.05, 4.69) is 41.7 Å². The zero-order chi connectivity index (χ0) is 17.1. The van der Waals surface area contributed by atoms with Crippen LogP contribution < -0.4 is 5.43 Å². The molecule has 1 N–H and O–H groups in total. The fourth-order valence-electron chi connectivity index (χ4n) is 3.25. The minimum Gasteiger partial charge on any atom is -0.285 e. The summed E-state index contributed by atoms with van der Waals surface area (Å²) < 4.78 is 1.92. The van der Waals surface area contributed by atoms with Gasteiger partial charge in [0.1, 0.15) is 0 Å². The molecule has 5 heteroatoms. The number of carbonyl (C=O) groups excluding carboxylic acids is 1. The molecule has 1 aromatic carbocycles. The summed E-state index contributed by atoms with van der Waals surface area (Å²) in [5, 5.41) is 6.61. The fraction of sp³-hybridized carbons (Fsp3) is 0.474. The van der Waals surface area contributed by atoms with Gasteiger partial charge >= 0.3 is 0 Å². The van der Waals surface area contributed by atoms with Gasteiger partial charge in [0.2, 0.25) is 0 Å². The molecule has 1 aromatic heterocycles. The number of hydrogen-bond donors (Lipinski definition) is 1. The molecule has 3 rings (SSSR count). The number of aromatic nitrogens is 2. The lowest BCUT2D eigenvalue weighted by Gasteiger charge is -2.26. The zero-order valence-electron chi connectivity index (χ0n) is 14.8. The van der Waals surface area contributed by atoms with Crippen LogP contribution in [0.1, 0.15) is 52.1 Å². The quantitative estimate of drug-likeness (QED) is 0.940. The molecule has 0 radical (unpaired) electrons. The van der Waals surface area contributed by atoms with Crippen LogP contribution in [0.25, 0.3) is 0 Å². The molecule has 0 spiro atoms. The van der Waals surface area contributed by atoms with Crippen molar-refractivity contribution in [3.05, 3.63) is 52.3 Å². The molecule has 24 heavy (non-hydrogen) atoms. The van der Waals surface area contributed by atoms with Gasteiger partial charge < -0.3 is 0 Å². The molecule has 5 nitrogen and oxygen atoms in total. The minimum absolute atomic E-state index is 0.0398. The Bertz CT molecular complexity index is 712. The van der Waals surface area contributed by atoms with E-state index in [9.17, 15) is 4.79 Å². The topological polar surface area (TPSA) is 50.2 Å². The Labute approximate surface area is 143 Å². The highest BCUT2D eigenvalue weighted by Crippen LogP contribution is 2.16. The fourth-order valence-corrected chi connectivity index (χ4v) is 3.25. The van der Waals surface area contributed by atoms with E-state index in [4.69, 9.17) is 0 Å². The lowest BCUT2D eigenvalue weighted by Crippen LogP contribution is -2.45. The number of hydrazine groups is 1. The van der Waals surface area contributed by atoms with E-state index in [0.717, 1.165) is 37.3 Å². The van der Waals surface area contributed by atoms with E-state index in [1.807, 2.05) is 23.5 Å². The number of aryl methyl sites for hydroxylation is 2. The van der Waals surface area contributed by atoms with Crippen molar-refractivity contribution >= 4 is 5.91 Å². The maximum atomic E-state index is 12.7. The van der Waals surface area contributed by atoms with Crippen molar-refractivity contribution < 1.29 is 4.79 Å². The van der Waals surface area contributed by atoms with E-state index in [-0.39, 0.29) is 5.91 Å². The van der Waals surface area contributed by atoms with Crippen LogP contribution in [-0.4, -0.2) is 33.8 Å². The third kappa shape index (κ3) is 3.67. The Morgan fingerprint density at radius 1 is 1.08 bits per heavy atom. The number of rotatable bonds is 4. The second kappa shape index (κ2) is 7.18. The van der Waals surface area contributed by atoms with Gasteiger partial charge in [0.25, 0.3) is 5.91 Å². The summed E-state index contributed by atoms with van der Waals surface area (Å²) in [7, 11) is 0. The third-order valence-electron chi connectivity index (χ3n) is 4.68. The van der Waals surface area contributed by atoms with Gasteiger partial charge in [-0.2, -0.15) is 5.10 Å². The number of nitrogens with one attached hydrogen (secondary N) is 1. The van der Waals surface area contributed by atoms with E-state index >= 15 is 0 Å². The molecule has 2 aromatic rings. The predicted octanol–water partition coefficient (Wildman–Crippen LogP) is 2.99. The van der Waals surface area contributed by atoms with Gasteiger partial charge in [-0.3, -0.25) is 14.9 Å². The molecule has 1 saturated heterocycles. The van der Waals surface area contributed by atoms with E-state index in [0.29, 0.717) is 12.1 Å². The molecule has 0 bridgehead atoms. The Morgan fingerprint density at radius 2 is 1.75 bits per heavy atom. The van der Waals surface area contributed by atoms with Crippen LogP contribution in [0, 0.1) is 20.8 Å². The second-order valence-corrected chi connectivity index (χ2v) is 6.68. The lowest BCUT2D eigenvalue weighted by atomic mass is 10.1. The summed E-state index contributed by atoms with van der Waals surface area (Å²) in [5.74, 6) is -0.0398. The van der Waals surface area contributed by atoms with Crippen molar-refractivity contribution in [2.24, 2.45) is 0 Å². The average molecular weight is 326 g/mol. The summed E-state index contributed by atoms with van der Waals surface area (Å²) in [6.07, 6.45) is 3.54. The van der Waals surface area contributed by atoms with Crippen LogP contribution in [0.2, 0.25) is 0 Å². The van der Waals surface area contributed by atoms with Gasteiger partial charge in [-0.05, 0) is 39.2 Å². The van der Waals surface area contributed by atoms with E-state index < -0.39 is 0 Å². The summed E-state index contributed by atoms with van der Waals surface area (Å²) in [5.41, 5.74) is 7.88. The molecule has 1 amide bonds. The number of amides is 1. The maximum Gasteiger partial charge on any atom is 0.269 e. The molecule has 2 heterocycles. The molecule has 128 valence electrons. The van der Waals surface area contributed by atoms with Crippen molar-refractivity contribution in [1.29, 1.82) is 0 Å². The maximum absolute atomic E-state index is 12.7. The van der Waals surface area contributed by atoms with Crippen molar-refractivity contribution in [3.8, 4) is 0 Å². The number of carbonyl (C=O) groups is 1. The molecule has 0 unspecified atom stereocenters. The number of nitrogens with zero attached hydrogens (tertiary/aromatic N) is 3. The van der Waals surface area contributed by atoms with Gasteiger partial charge in [0.05, 0.1) is 17.8 Å². The van der Waals surface area contributed by atoms with Gasteiger partial charge in [-0.15, -0.1) is 0 Å². The van der Waals surface area contributed by atoms with Crippen LogP contribution in [0.5, 0.6) is 0 Å². The molecule has 0 aliphatic carbocycles. The van der Waals surface area contributed by atoms with Gasteiger partial charge in [-0.1, -0.05) is 36.2 Å². The highest BCUT2D eigenvalue weighted by atomic mass is 16.2. The smallest absolute Gasteiger partial charge is 0.269 e. The summed E-state index contributed by atoms with van der Waals surface area (Å²) >= 11 is 0. The average Bonchev–Trinajstić information content (AvgIpc) is 2.84. The summed E-state index contributed by atoms with van der Waals surface area (Å²) in [6, 6.07) is 8.43. The molecule has 0 saturated carbocycles. The largest absolute Gasteiger partial charge is 0.285 e. The van der Waals surface area contributed by atoms with Gasteiger partial charge in [-0.25, -0.2) is 5.01 Å². The van der Waals surface area contributed by atoms with Crippen LogP contribution >= 0.6 is 0 Å². The van der Waals surface area contributed by atoms with Crippen LogP contribution in [-0.2, 0) is 6.54 Å². The number of benzene rings is 1. The Hall–Kier alpha value is -2.14. The first kappa shape index (κ1) is 16.7. The zero-order valence-corrected chi connectivity index (χ0v) is 14.8. The van der Waals surface area contributed by atoms with E-state index in [1.54, 1.807) is 0 Å². The molecule has 1 fully saturated rings. The molecule has 1 aliphatic heterocycles. The van der Waals surface area contributed by atoms with Crippen LogP contribution in [0.15, 0.2) is 24.3 Å². The van der Waals surface area contributed by atoms with Crippen LogP contribution in [0.3, 0.4) is 0 Å². The lowest BCUT2D eigenvalue weighted by molar-refractivity contribution is 0.0748. The monoisotopic (exact) mass is 326 g/mol. The van der Waals surface area contributed by atoms with Gasteiger partial charge in [0.15, 0.2) is 0 Å². The molecular weight excluding hydrogens is 300 g/mol. The first-order valence-corrected chi connectivity index (χ1v) is 8.70. The van der Waals surface area contributed by atoms with Crippen molar-refractivity contribution in [1.82, 2.24) is 20.2 Å². The Morgan fingerprint density at radius 3 is 2.42 bits per heavy atom. The Balaban J connectivity index is 1.75. The van der Waals surface area contributed by atoms with E-state index in [1.165, 1.54) is 17.5 Å². The van der Waals surface area contributed by atoms with Crippen LogP contribution in [0.4, 0.5) is 0 Å². The summed E-state index contributed by atoms with van der Waals surface area (Å²) in [4.78, 5) is 12.7. The standard InChI is InChI=1S/C19H26N4O/c1-14-7-9-17(10-8-14)13-23-16(3)18(15(2)20-23)19(24)21-22-11-5-4-6-12-22/h7-10H,4-6,11-13H2,1-3H3,(H,21,24).